The number of aliphatic hydroxyl groups is 1. The van der Waals surface area contributed by atoms with E-state index in [1.165, 1.54) is 0 Å². The van der Waals surface area contributed by atoms with E-state index in [2.05, 4.69) is 18.8 Å². The molecule has 0 aliphatic carbocycles. The molecule has 0 saturated heterocycles. The lowest BCUT2D eigenvalue weighted by molar-refractivity contribution is 0.155. The van der Waals surface area contributed by atoms with Crippen LogP contribution in [0.5, 0.6) is 0 Å². The average molecular weight is 201 g/mol. The molecule has 14 heavy (non-hydrogen) atoms. The Kier molecular flexibility index (Phi) is 8.94. The molecular weight excluding hydrogens is 178 g/mol. The first-order chi connectivity index (χ1) is 6.66. The predicted octanol–water partition coefficient (Wildman–Crippen LogP) is 1.33. The molecule has 0 aromatic heterocycles. The maximum atomic E-state index is 8.62. The van der Waals surface area contributed by atoms with Gasteiger partial charge in [0.05, 0.1) is 13.2 Å². The second-order valence-corrected chi connectivity index (χ2v) is 3.73. The Morgan fingerprint density at radius 2 is 2.29 bits per heavy atom. The lowest BCUT2D eigenvalue weighted by Gasteiger charge is -2.12. The Morgan fingerprint density at radius 3 is 2.86 bits per heavy atom. The number of aliphatic hydroxyl groups excluding tert-OH is 1. The SMILES string of the molecule is C=C(C)COCCNC(C)CCCO. The van der Waals surface area contributed by atoms with Crippen LogP contribution in [0.4, 0.5) is 0 Å². The van der Waals surface area contributed by atoms with Crippen LogP contribution in [0.1, 0.15) is 26.7 Å². The second-order valence-electron chi connectivity index (χ2n) is 3.73. The van der Waals surface area contributed by atoms with Crippen LogP contribution in [0, 0.1) is 0 Å². The predicted molar refractivity (Wildman–Crippen MR) is 59.4 cm³/mol. The maximum absolute atomic E-state index is 8.62. The molecule has 0 aromatic rings. The largest absolute Gasteiger partial charge is 0.396 e. The van der Waals surface area contributed by atoms with Crippen LogP contribution in [0.15, 0.2) is 12.2 Å². The fourth-order valence-corrected chi connectivity index (χ4v) is 1.12. The molecule has 0 saturated carbocycles. The van der Waals surface area contributed by atoms with Gasteiger partial charge in [-0.25, -0.2) is 0 Å². The van der Waals surface area contributed by atoms with Crippen molar-refractivity contribution < 1.29 is 9.84 Å². The van der Waals surface area contributed by atoms with Crippen molar-refractivity contribution in [1.29, 1.82) is 0 Å². The van der Waals surface area contributed by atoms with Crippen molar-refractivity contribution in [3.63, 3.8) is 0 Å². The molecule has 2 N–H and O–H groups in total. The van der Waals surface area contributed by atoms with Gasteiger partial charge in [0.1, 0.15) is 0 Å². The van der Waals surface area contributed by atoms with Crippen LogP contribution in [-0.4, -0.2) is 37.5 Å². The Balaban J connectivity index is 3.14. The van der Waals surface area contributed by atoms with Gasteiger partial charge >= 0.3 is 0 Å². The van der Waals surface area contributed by atoms with Crippen LogP contribution in [-0.2, 0) is 4.74 Å². The summed E-state index contributed by atoms with van der Waals surface area (Å²) in [6, 6.07) is 0.454. The minimum absolute atomic E-state index is 0.276. The summed E-state index contributed by atoms with van der Waals surface area (Å²) in [5, 5.41) is 11.9. The van der Waals surface area contributed by atoms with Gasteiger partial charge in [0.2, 0.25) is 0 Å². The summed E-state index contributed by atoms with van der Waals surface area (Å²) in [6.45, 7) is 10.3. The van der Waals surface area contributed by atoms with Crippen molar-refractivity contribution in [2.45, 2.75) is 32.7 Å². The molecular formula is C11H23NO2. The van der Waals surface area contributed by atoms with Gasteiger partial charge < -0.3 is 15.2 Å². The molecule has 3 heteroatoms. The molecule has 1 unspecified atom stereocenters. The Bertz CT molecular complexity index is 148. The topological polar surface area (TPSA) is 41.5 Å². The lowest BCUT2D eigenvalue weighted by atomic mass is 10.2. The van der Waals surface area contributed by atoms with Crippen LogP contribution in [0.2, 0.25) is 0 Å². The van der Waals surface area contributed by atoms with Crippen molar-refractivity contribution in [1.82, 2.24) is 5.32 Å². The van der Waals surface area contributed by atoms with E-state index in [-0.39, 0.29) is 6.61 Å². The molecule has 0 amide bonds. The van der Waals surface area contributed by atoms with Crippen LogP contribution in [0.25, 0.3) is 0 Å². The van der Waals surface area contributed by atoms with E-state index >= 15 is 0 Å². The number of nitrogens with one attached hydrogen (secondary N) is 1. The van der Waals surface area contributed by atoms with Crippen molar-refractivity contribution in [3.8, 4) is 0 Å². The van der Waals surface area contributed by atoms with Crippen LogP contribution in [0.3, 0.4) is 0 Å². The van der Waals surface area contributed by atoms with Gasteiger partial charge in [0.15, 0.2) is 0 Å². The normalized spacial score (nSPS) is 12.8. The third-order valence-corrected chi connectivity index (χ3v) is 1.88. The molecule has 0 spiro atoms. The fraction of sp³-hybridized carbons (Fsp3) is 0.818. The highest BCUT2D eigenvalue weighted by Gasteiger charge is 1.99. The smallest absolute Gasteiger partial charge is 0.0672 e. The summed E-state index contributed by atoms with van der Waals surface area (Å²) in [7, 11) is 0. The summed E-state index contributed by atoms with van der Waals surface area (Å²) in [4.78, 5) is 0. The first-order valence-electron chi connectivity index (χ1n) is 5.23. The fourth-order valence-electron chi connectivity index (χ4n) is 1.12. The molecule has 1 atom stereocenters. The molecule has 84 valence electrons. The molecule has 0 aliphatic heterocycles. The highest BCUT2D eigenvalue weighted by Crippen LogP contribution is 1.94. The summed E-state index contributed by atoms with van der Waals surface area (Å²) < 4.78 is 5.34. The first-order valence-corrected chi connectivity index (χ1v) is 5.23. The molecule has 0 aliphatic rings. The molecule has 0 heterocycles. The van der Waals surface area contributed by atoms with Crippen LogP contribution < -0.4 is 5.32 Å². The molecule has 0 rings (SSSR count). The zero-order valence-electron chi connectivity index (χ0n) is 9.38. The van der Waals surface area contributed by atoms with Crippen molar-refractivity contribution in [2.24, 2.45) is 0 Å². The third kappa shape index (κ3) is 9.71. The highest BCUT2D eigenvalue weighted by molar-refractivity contribution is 4.87. The zero-order valence-corrected chi connectivity index (χ0v) is 9.38. The van der Waals surface area contributed by atoms with Gasteiger partial charge in [-0.2, -0.15) is 0 Å². The quantitative estimate of drug-likeness (QED) is 0.437. The van der Waals surface area contributed by atoms with E-state index in [1.807, 2.05) is 6.92 Å². The van der Waals surface area contributed by atoms with Crippen molar-refractivity contribution in [3.05, 3.63) is 12.2 Å². The number of hydrogen-bond acceptors (Lipinski definition) is 3. The Morgan fingerprint density at radius 1 is 1.57 bits per heavy atom. The van der Waals surface area contributed by atoms with Crippen LogP contribution >= 0.6 is 0 Å². The minimum atomic E-state index is 0.276. The summed E-state index contributed by atoms with van der Waals surface area (Å²) in [5.74, 6) is 0. The van der Waals surface area contributed by atoms with Crippen molar-refractivity contribution >= 4 is 0 Å². The first kappa shape index (κ1) is 13.6. The van der Waals surface area contributed by atoms with Gasteiger partial charge in [-0.15, -0.1) is 0 Å². The van der Waals surface area contributed by atoms with Gasteiger partial charge in [-0.05, 0) is 26.7 Å². The molecule has 0 bridgehead atoms. The standard InChI is InChI=1S/C11H23NO2/c1-10(2)9-14-8-6-12-11(3)5-4-7-13/h11-13H,1,4-9H2,2-3H3. The Labute approximate surface area is 87.2 Å². The molecule has 0 radical (unpaired) electrons. The van der Waals surface area contributed by atoms with Gasteiger partial charge in [-0.3, -0.25) is 0 Å². The van der Waals surface area contributed by atoms with Gasteiger partial charge in [0, 0.05) is 19.2 Å². The van der Waals surface area contributed by atoms with E-state index in [0.29, 0.717) is 12.6 Å². The Hall–Kier alpha value is -0.380. The number of ether oxygens (including phenoxy) is 1. The molecule has 0 aromatic carbocycles. The van der Waals surface area contributed by atoms with E-state index in [4.69, 9.17) is 9.84 Å². The highest BCUT2D eigenvalue weighted by atomic mass is 16.5. The van der Waals surface area contributed by atoms with Gasteiger partial charge in [-0.1, -0.05) is 12.2 Å². The third-order valence-electron chi connectivity index (χ3n) is 1.88. The summed E-state index contributed by atoms with van der Waals surface area (Å²) >= 11 is 0. The molecule has 0 fully saturated rings. The number of rotatable bonds is 9. The summed E-state index contributed by atoms with van der Waals surface area (Å²) in [5.41, 5.74) is 1.05. The lowest BCUT2D eigenvalue weighted by Crippen LogP contribution is -2.29. The minimum Gasteiger partial charge on any atom is -0.396 e. The zero-order chi connectivity index (χ0) is 10.8. The van der Waals surface area contributed by atoms with Crippen molar-refractivity contribution in [2.75, 3.05) is 26.4 Å². The molecule has 3 nitrogen and oxygen atoms in total. The van der Waals surface area contributed by atoms with E-state index in [9.17, 15) is 0 Å². The monoisotopic (exact) mass is 201 g/mol. The van der Waals surface area contributed by atoms with E-state index < -0.39 is 0 Å². The average Bonchev–Trinajstić information content (AvgIpc) is 2.13. The van der Waals surface area contributed by atoms with Gasteiger partial charge in [0.25, 0.3) is 0 Å². The van der Waals surface area contributed by atoms with E-state index in [1.54, 1.807) is 0 Å². The number of hydrogen-bond donors (Lipinski definition) is 2. The van der Waals surface area contributed by atoms with E-state index in [0.717, 1.165) is 31.6 Å². The second kappa shape index (κ2) is 9.19. The summed E-state index contributed by atoms with van der Waals surface area (Å²) in [6.07, 6.45) is 1.87. The maximum Gasteiger partial charge on any atom is 0.0672 e.